The predicted molar refractivity (Wildman–Crippen MR) is 104 cm³/mol. The highest BCUT2D eigenvalue weighted by Crippen LogP contribution is 2.17. The van der Waals surface area contributed by atoms with Crippen molar-refractivity contribution < 1.29 is 4.79 Å². The molecule has 8 heteroatoms. The van der Waals surface area contributed by atoms with E-state index in [1.165, 1.54) is 5.56 Å². The zero-order valence-corrected chi connectivity index (χ0v) is 16.2. The Hall–Kier alpha value is -3.00. The molecule has 4 rings (SSSR count). The van der Waals surface area contributed by atoms with Gasteiger partial charge in [-0.15, -0.1) is 10.2 Å². The van der Waals surface area contributed by atoms with Gasteiger partial charge >= 0.3 is 0 Å². The van der Waals surface area contributed by atoms with Gasteiger partial charge in [-0.25, -0.2) is 0 Å². The van der Waals surface area contributed by atoms with Gasteiger partial charge in [-0.2, -0.15) is 5.10 Å². The maximum absolute atomic E-state index is 12.7. The largest absolute Gasteiger partial charge is 0.341 e. The third-order valence-electron chi connectivity index (χ3n) is 5.06. The Labute approximate surface area is 164 Å². The summed E-state index contributed by atoms with van der Waals surface area (Å²) in [6.45, 7) is 5.42. The van der Waals surface area contributed by atoms with Gasteiger partial charge in [-0.1, -0.05) is 30.3 Å². The van der Waals surface area contributed by atoms with Gasteiger partial charge < -0.3 is 9.88 Å². The van der Waals surface area contributed by atoms with Crippen LogP contribution >= 0.6 is 0 Å². The first kappa shape index (κ1) is 18.4. The van der Waals surface area contributed by atoms with Crippen molar-refractivity contribution in [3.05, 3.63) is 65.5 Å². The van der Waals surface area contributed by atoms with Crippen LogP contribution in [-0.4, -0.2) is 41.9 Å². The summed E-state index contributed by atoms with van der Waals surface area (Å²) in [5.74, 6) is 0.522. The maximum Gasteiger partial charge on any atom is 0.272 e. The fourth-order valence-electron chi connectivity index (χ4n) is 3.64. The van der Waals surface area contributed by atoms with E-state index in [2.05, 4.69) is 49.8 Å². The summed E-state index contributed by atoms with van der Waals surface area (Å²) >= 11 is 0. The molecule has 0 saturated carbocycles. The molecular weight excluding hydrogens is 354 g/mol. The number of carbonyl (C=O) groups excluding carboxylic acids is 1. The highest BCUT2D eigenvalue weighted by molar-refractivity contribution is 5.92. The highest BCUT2D eigenvalue weighted by Gasteiger charge is 2.22. The third kappa shape index (κ3) is 3.96. The lowest BCUT2D eigenvalue weighted by molar-refractivity contribution is 0.0931. The molecule has 146 valence electrons. The molecule has 1 aliphatic heterocycles. The van der Waals surface area contributed by atoms with Gasteiger partial charge in [0.05, 0.1) is 11.7 Å². The van der Waals surface area contributed by atoms with E-state index in [0.29, 0.717) is 11.5 Å². The van der Waals surface area contributed by atoms with Crippen molar-refractivity contribution in [3.8, 4) is 0 Å². The van der Waals surface area contributed by atoms with Gasteiger partial charge in [0.15, 0.2) is 11.5 Å². The molecule has 1 atom stereocenters. The summed E-state index contributed by atoms with van der Waals surface area (Å²) in [7, 11) is 1.86. The van der Waals surface area contributed by atoms with E-state index in [1.54, 1.807) is 10.9 Å². The molecule has 0 saturated heterocycles. The maximum atomic E-state index is 12.7. The number of carbonyl (C=O) groups is 1. The first-order chi connectivity index (χ1) is 13.6. The number of nitrogens with one attached hydrogen (secondary N) is 1. The van der Waals surface area contributed by atoms with Gasteiger partial charge in [0.2, 0.25) is 0 Å². The van der Waals surface area contributed by atoms with Crippen LogP contribution in [0.4, 0.5) is 0 Å². The second kappa shape index (κ2) is 7.93. The summed E-state index contributed by atoms with van der Waals surface area (Å²) in [5, 5.41) is 15.4. The zero-order valence-electron chi connectivity index (χ0n) is 16.2. The van der Waals surface area contributed by atoms with Crippen molar-refractivity contribution in [3.63, 3.8) is 0 Å². The van der Waals surface area contributed by atoms with Crippen molar-refractivity contribution in [2.45, 2.75) is 39.0 Å². The molecule has 0 fully saturated rings. The smallest absolute Gasteiger partial charge is 0.272 e. The number of hydrogen-bond acceptors (Lipinski definition) is 5. The molecule has 2 aromatic heterocycles. The molecule has 28 heavy (non-hydrogen) atoms. The molecule has 1 aliphatic rings. The number of rotatable bonds is 5. The SMILES string of the molecule is CC(NC(=O)c1cc2n(n1)CCCN(Cc1ccccc1)C2)c1nncn1C. The molecule has 0 aliphatic carbocycles. The van der Waals surface area contributed by atoms with Crippen LogP contribution in [0.2, 0.25) is 0 Å². The Bertz CT molecular complexity index is 947. The van der Waals surface area contributed by atoms with Crippen LogP contribution in [0.15, 0.2) is 42.7 Å². The minimum Gasteiger partial charge on any atom is -0.341 e. The van der Waals surface area contributed by atoms with Gasteiger partial charge in [0.1, 0.15) is 6.33 Å². The van der Waals surface area contributed by atoms with Crippen molar-refractivity contribution in [1.29, 1.82) is 0 Å². The quantitative estimate of drug-likeness (QED) is 0.732. The topological polar surface area (TPSA) is 80.9 Å². The van der Waals surface area contributed by atoms with Crippen LogP contribution in [0, 0.1) is 0 Å². The van der Waals surface area contributed by atoms with E-state index in [9.17, 15) is 4.79 Å². The van der Waals surface area contributed by atoms with Crippen LogP contribution in [0.25, 0.3) is 0 Å². The van der Waals surface area contributed by atoms with Gasteiger partial charge in [0.25, 0.3) is 5.91 Å². The number of hydrogen-bond donors (Lipinski definition) is 1. The number of amides is 1. The van der Waals surface area contributed by atoms with Gasteiger partial charge in [-0.05, 0) is 25.0 Å². The van der Waals surface area contributed by atoms with Gasteiger partial charge in [-0.3, -0.25) is 14.4 Å². The second-order valence-corrected chi connectivity index (χ2v) is 7.29. The zero-order chi connectivity index (χ0) is 19.5. The standard InChI is InChI=1S/C20H25N7O/c1-15(19-23-21-14-25(19)2)22-20(28)18-11-17-13-26(9-6-10-27(17)24-18)12-16-7-4-3-5-8-16/h3-5,7-8,11,14-15H,6,9-10,12-13H2,1-2H3,(H,22,28). The van der Waals surface area contributed by atoms with Crippen molar-refractivity contribution in [1.82, 2.24) is 34.8 Å². The van der Waals surface area contributed by atoms with E-state index in [4.69, 9.17) is 0 Å². The van der Waals surface area contributed by atoms with E-state index in [-0.39, 0.29) is 11.9 Å². The molecule has 1 aromatic carbocycles. The number of aromatic nitrogens is 5. The predicted octanol–water partition coefficient (Wildman–Crippen LogP) is 1.91. The monoisotopic (exact) mass is 379 g/mol. The molecule has 1 N–H and O–H groups in total. The fraction of sp³-hybridized carbons (Fsp3) is 0.400. The minimum atomic E-state index is -0.240. The van der Waals surface area contributed by atoms with Crippen molar-refractivity contribution >= 4 is 5.91 Å². The third-order valence-corrected chi connectivity index (χ3v) is 5.06. The van der Waals surface area contributed by atoms with E-state index >= 15 is 0 Å². The number of fused-ring (bicyclic) bond motifs is 1. The molecule has 3 aromatic rings. The highest BCUT2D eigenvalue weighted by atomic mass is 16.2. The van der Waals surface area contributed by atoms with E-state index in [0.717, 1.165) is 38.3 Å². The molecule has 0 spiro atoms. The summed E-state index contributed by atoms with van der Waals surface area (Å²) in [4.78, 5) is 15.1. The minimum absolute atomic E-state index is 0.189. The summed E-state index contributed by atoms with van der Waals surface area (Å²) in [5.41, 5.74) is 2.82. The molecule has 1 unspecified atom stereocenters. The molecule has 1 amide bonds. The Kier molecular flexibility index (Phi) is 5.21. The van der Waals surface area contributed by atoms with Crippen LogP contribution in [0.1, 0.15) is 47.0 Å². The molecular formula is C20H25N7O. The summed E-state index contributed by atoms with van der Waals surface area (Å²) < 4.78 is 3.77. The Morgan fingerprint density at radius 1 is 1.25 bits per heavy atom. The van der Waals surface area contributed by atoms with Gasteiger partial charge in [0, 0.05) is 33.2 Å². The lowest BCUT2D eigenvalue weighted by Gasteiger charge is -2.19. The molecule has 3 heterocycles. The first-order valence-corrected chi connectivity index (χ1v) is 9.58. The molecule has 0 radical (unpaired) electrons. The van der Waals surface area contributed by atoms with Crippen LogP contribution in [-0.2, 0) is 26.7 Å². The summed E-state index contributed by atoms with van der Waals surface area (Å²) in [6, 6.07) is 12.1. The van der Waals surface area contributed by atoms with E-state index < -0.39 is 0 Å². The van der Waals surface area contributed by atoms with Crippen LogP contribution in [0.5, 0.6) is 0 Å². The molecule has 8 nitrogen and oxygen atoms in total. The van der Waals surface area contributed by atoms with Crippen molar-refractivity contribution in [2.75, 3.05) is 6.54 Å². The van der Waals surface area contributed by atoms with E-state index in [1.807, 2.05) is 30.8 Å². The lowest BCUT2D eigenvalue weighted by Crippen LogP contribution is -2.29. The fourth-order valence-corrected chi connectivity index (χ4v) is 3.64. The average molecular weight is 379 g/mol. The van der Waals surface area contributed by atoms with Crippen molar-refractivity contribution in [2.24, 2.45) is 7.05 Å². The van der Waals surface area contributed by atoms with Crippen LogP contribution in [0.3, 0.4) is 0 Å². The lowest BCUT2D eigenvalue weighted by atomic mass is 10.2. The Morgan fingerprint density at radius 3 is 2.82 bits per heavy atom. The average Bonchev–Trinajstić information content (AvgIpc) is 3.24. The number of nitrogens with zero attached hydrogens (tertiary/aromatic N) is 6. The summed E-state index contributed by atoms with van der Waals surface area (Å²) in [6.07, 6.45) is 2.63. The first-order valence-electron chi connectivity index (χ1n) is 9.58. The number of aryl methyl sites for hydroxylation is 2. The second-order valence-electron chi connectivity index (χ2n) is 7.29. The Balaban J connectivity index is 1.45. The molecule has 0 bridgehead atoms. The van der Waals surface area contributed by atoms with Crippen LogP contribution < -0.4 is 5.32 Å². The normalized spacial score (nSPS) is 15.6. The Morgan fingerprint density at radius 2 is 2.07 bits per heavy atom. The number of benzene rings is 1.